The molecule has 1 amide bonds. The normalized spacial score (nSPS) is 12.2. The second-order valence-corrected chi connectivity index (χ2v) is 9.76. The first kappa shape index (κ1) is 23.6. The van der Waals surface area contributed by atoms with Crippen LogP contribution in [0.3, 0.4) is 0 Å². The van der Waals surface area contributed by atoms with Crippen molar-refractivity contribution in [1.29, 1.82) is 0 Å². The van der Waals surface area contributed by atoms with Crippen molar-refractivity contribution in [3.8, 4) is 11.5 Å². The number of nitrogens with zero attached hydrogens (tertiary/aromatic N) is 2. The number of rotatable bonds is 9. The van der Waals surface area contributed by atoms with Crippen LogP contribution in [0.15, 0.2) is 46.8 Å². The van der Waals surface area contributed by atoms with Crippen molar-refractivity contribution in [2.75, 3.05) is 19.5 Å². The number of anilines is 1. The highest BCUT2D eigenvalue weighted by Crippen LogP contribution is 2.32. The van der Waals surface area contributed by atoms with Gasteiger partial charge in [-0.05, 0) is 43.2 Å². The molecule has 0 aliphatic rings. The van der Waals surface area contributed by atoms with Gasteiger partial charge in [-0.1, -0.05) is 42.0 Å². The molecule has 0 spiro atoms. The highest BCUT2D eigenvalue weighted by molar-refractivity contribution is 7.91. The summed E-state index contributed by atoms with van der Waals surface area (Å²) in [6.45, 7) is 3.78. The first-order chi connectivity index (χ1) is 15.3. The first-order valence-electron chi connectivity index (χ1n) is 9.73. The molecule has 0 saturated heterocycles. The van der Waals surface area contributed by atoms with Crippen LogP contribution in [-0.4, -0.2) is 38.7 Å². The predicted octanol–water partition coefficient (Wildman–Crippen LogP) is 3.55. The van der Waals surface area contributed by atoms with E-state index >= 15 is 0 Å². The molecule has 1 heterocycles. The van der Waals surface area contributed by atoms with Crippen LogP contribution >= 0.6 is 11.3 Å². The molecule has 9 nitrogen and oxygen atoms in total. The number of amides is 1. The summed E-state index contributed by atoms with van der Waals surface area (Å²) < 4.78 is 38.7. The van der Waals surface area contributed by atoms with Crippen molar-refractivity contribution in [3.05, 3.63) is 59.2 Å². The van der Waals surface area contributed by atoms with Crippen LogP contribution in [0.2, 0.25) is 0 Å². The third-order valence-corrected chi connectivity index (χ3v) is 7.36. The van der Waals surface area contributed by atoms with Gasteiger partial charge in [0.15, 0.2) is 11.5 Å². The quantitative estimate of drug-likeness (QED) is 0.453. The third-order valence-electron chi connectivity index (χ3n) is 4.69. The summed E-state index contributed by atoms with van der Waals surface area (Å²) in [5.74, 6) is 0.654. The van der Waals surface area contributed by atoms with E-state index in [1.54, 1.807) is 30.3 Å². The Hall–Kier alpha value is -3.02. The van der Waals surface area contributed by atoms with Crippen LogP contribution in [-0.2, 0) is 10.0 Å². The van der Waals surface area contributed by atoms with E-state index in [1.165, 1.54) is 14.2 Å². The van der Waals surface area contributed by atoms with E-state index in [9.17, 15) is 13.2 Å². The highest BCUT2D eigenvalue weighted by atomic mass is 32.2. The van der Waals surface area contributed by atoms with E-state index in [4.69, 9.17) is 9.47 Å². The minimum absolute atomic E-state index is 0.0927. The maximum absolute atomic E-state index is 12.9. The standard InChI is InChI=1S/C21H24N4O5S2/c1-5-16(15-10-11-17(29-3)18(12-15)30-4)25-32(27,28)21-24-23-20(31-21)22-19(26)14-8-6-13(2)7-9-14/h6-12,16,25H,5H2,1-4H3,(H,22,23,26)/t16-/m1/s1. The number of carbonyl (C=O) groups excluding carboxylic acids is 1. The van der Waals surface area contributed by atoms with Gasteiger partial charge in [0, 0.05) is 11.6 Å². The number of hydrogen-bond donors (Lipinski definition) is 2. The largest absolute Gasteiger partial charge is 0.493 e. The maximum atomic E-state index is 12.9. The summed E-state index contributed by atoms with van der Waals surface area (Å²) in [5.41, 5.74) is 2.18. The molecule has 0 fully saturated rings. The molecule has 0 saturated carbocycles. The molecule has 3 rings (SSSR count). The van der Waals surface area contributed by atoms with Crippen molar-refractivity contribution in [2.45, 2.75) is 30.6 Å². The zero-order chi connectivity index (χ0) is 23.3. The van der Waals surface area contributed by atoms with E-state index in [0.717, 1.165) is 16.9 Å². The number of ether oxygens (including phenoxy) is 2. The average Bonchev–Trinajstić information content (AvgIpc) is 3.27. The minimum atomic E-state index is -3.97. The first-order valence-corrected chi connectivity index (χ1v) is 12.0. The average molecular weight is 477 g/mol. The number of sulfonamides is 1. The van der Waals surface area contributed by atoms with Gasteiger partial charge in [-0.15, -0.1) is 10.2 Å². The molecule has 0 bridgehead atoms. The second-order valence-electron chi connectivity index (χ2n) is 6.89. The molecule has 0 aliphatic carbocycles. The molecule has 32 heavy (non-hydrogen) atoms. The Morgan fingerprint density at radius 2 is 1.75 bits per heavy atom. The molecule has 0 unspecified atom stereocenters. The number of benzene rings is 2. The Morgan fingerprint density at radius 1 is 1.06 bits per heavy atom. The number of methoxy groups -OCH3 is 2. The number of hydrogen-bond acceptors (Lipinski definition) is 8. The Balaban J connectivity index is 1.75. The van der Waals surface area contributed by atoms with Crippen LogP contribution in [0.5, 0.6) is 11.5 Å². The maximum Gasteiger partial charge on any atom is 0.270 e. The number of nitrogens with one attached hydrogen (secondary N) is 2. The van der Waals surface area contributed by atoms with E-state index in [-0.39, 0.29) is 9.47 Å². The summed E-state index contributed by atoms with van der Waals surface area (Å²) in [5, 5.41) is 10.2. The van der Waals surface area contributed by atoms with E-state index in [0.29, 0.717) is 29.0 Å². The molecular formula is C21H24N4O5S2. The Labute approximate surface area is 190 Å². The van der Waals surface area contributed by atoms with E-state index < -0.39 is 22.0 Å². The molecule has 3 aromatic rings. The lowest BCUT2D eigenvalue weighted by molar-refractivity contribution is 0.102. The van der Waals surface area contributed by atoms with Gasteiger partial charge in [0.2, 0.25) is 9.47 Å². The summed E-state index contributed by atoms with van der Waals surface area (Å²) in [6, 6.07) is 11.7. The van der Waals surface area contributed by atoms with Crippen LogP contribution in [0.1, 0.15) is 40.9 Å². The van der Waals surface area contributed by atoms with Crippen LogP contribution in [0, 0.1) is 6.92 Å². The van der Waals surface area contributed by atoms with Crippen LogP contribution in [0.4, 0.5) is 5.13 Å². The molecule has 0 radical (unpaired) electrons. The fourth-order valence-corrected chi connectivity index (χ4v) is 5.16. The fourth-order valence-electron chi connectivity index (χ4n) is 2.94. The molecular weight excluding hydrogens is 452 g/mol. The Morgan fingerprint density at radius 3 is 2.38 bits per heavy atom. The number of carbonyl (C=O) groups is 1. The predicted molar refractivity (Wildman–Crippen MR) is 122 cm³/mol. The van der Waals surface area contributed by atoms with Crippen molar-refractivity contribution in [3.63, 3.8) is 0 Å². The van der Waals surface area contributed by atoms with Gasteiger partial charge in [-0.2, -0.15) is 0 Å². The van der Waals surface area contributed by atoms with Crippen molar-refractivity contribution < 1.29 is 22.7 Å². The summed E-state index contributed by atoms with van der Waals surface area (Å²) in [7, 11) is -0.924. The molecule has 170 valence electrons. The molecule has 2 N–H and O–H groups in total. The van der Waals surface area contributed by atoms with Gasteiger partial charge >= 0.3 is 0 Å². The van der Waals surface area contributed by atoms with E-state index in [1.807, 2.05) is 26.0 Å². The second kappa shape index (κ2) is 10.1. The summed E-state index contributed by atoms with van der Waals surface area (Å²) >= 11 is 0.778. The van der Waals surface area contributed by atoms with Crippen molar-refractivity contribution in [1.82, 2.24) is 14.9 Å². The molecule has 11 heteroatoms. The highest BCUT2D eigenvalue weighted by Gasteiger charge is 2.25. The van der Waals surface area contributed by atoms with Gasteiger partial charge in [0.05, 0.1) is 14.2 Å². The molecule has 1 aromatic heterocycles. The molecule has 0 aliphatic heterocycles. The lowest BCUT2D eigenvalue weighted by Crippen LogP contribution is -2.28. The number of aryl methyl sites for hydroxylation is 1. The van der Waals surface area contributed by atoms with Crippen molar-refractivity contribution in [2.24, 2.45) is 0 Å². The third kappa shape index (κ3) is 5.42. The smallest absolute Gasteiger partial charge is 0.270 e. The summed E-state index contributed by atoms with van der Waals surface area (Å²) in [4.78, 5) is 12.3. The monoisotopic (exact) mass is 476 g/mol. The SMILES string of the molecule is CC[C@@H](NS(=O)(=O)c1nnc(NC(=O)c2ccc(C)cc2)s1)c1ccc(OC)c(OC)c1. The Bertz CT molecular complexity index is 1190. The Kier molecular flexibility index (Phi) is 7.44. The minimum Gasteiger partial charge on any atom is -0.493 e. The van der Waals surface area contributed by atoms with Crippen molar-refractivity contribution >= 4 is 32.4 Å². The molecule has 1 atom stereocenters. The zero-order valence-corrected chi connectivity index (χ0v) is 19.7. The van der Waals surface area contributed by atoms with Gasteiger partial charge in [-0.3, -0.25) is 10.1 Å². The topological polar surface area (TPSA) is 120 Å². The van der Waals surface area contributed by atoms with E-state index in [2.05, 4.69) is 20.2 Å². The van der Waals surface area contributed by atoms with Crippen LogP contribution < -0.4 is 19.5 Å². The van der Waals surface area contributed by atoms with Crippen LogP contribution in [0.25, 0.3) is 0 Å². The van der Waals surface area contributed by atoms with Gasteiger partial charge in [0.1, 0.15) is 0 Å². The number of aromatic nitrogens is 2. The van der Waals surface area contributed by atoms with Gasteiger partial charge < -0.3 is 9.47 Å². The zero-order valence-electron chi connectivity index (χ0n) is 18.1. The molecule has 2 aromatic carbocycles. The lowest BCUT2D eigenvalue weighted by atomic mass is 10.1. The fraction of sp³-hybridized carbons (Fsp3) is 0.286. The lowest BCUT2D eigenvalue weighted by Gasteiger charge is -2.18. The summed E-state index contributed by atoms with van der Waals surface area (Å²) in [6.07, 6.45) is 0.491. The van der Waals surface area contributed by atoms with Gasteiger partial charge in [-0.25, -0.2) is 13.1 Å². The van der Waals surface area contributed by atoms with Gasteiger partial charge in [0.25, 0.3) is 15.9 Å².